The van der Waals surface area contributed by atoms with Crippen LogP contribution in [0.3, 0.4) is 0 Å². The molecule has 0 aliphatic carbocycles. The van der Waals surface area contributed by atoms with Crippen molar-refractivity contribution in [1.82, 2.24) is 0 Å². The van der Waals surface area contributed by atoms with Crippen molar-refractivity contribution in [1.29, 1.82) is 0 Å². The minimum absolute atomic E-state index is 0.0972. The fourth-order valence-electron chi connectivity index (χ4n) is 0.997. The van der Waals surface area contributed by atoms with Crippen LogP contribution in [0.4, 0.5) is 5.69 Å². The van der Waals surface area contributed by atoms with Crippen LogP contribution in [0.1, 0.15) is 0 Å². The Labute approximate surface area is 99.9 Å². The third kappa shape index (κ3) is 2.52. The van der Waals surface area contributed by atoms with Gasteiger partial charge in [-0.1, -0.05) is 0 Å². The van der Waals surface area contributed by atoms with Crippen LogP contribution in [-0.4, -0.2) is 25.9 Å². The lowest BCUT2D eigenvalue weighted by Crippen LogP contribution is -2.10. The second kappa shape index (κ2) is 3.96. The Bertz CT molecular complexity index is 635. The van der Waals surface area contributed by atoms with Crippen LogP contribution >= 0.6 is 15.9 Å². The molecule has 0 radical (unpaired) electrons. The zero-order valence-corrected chi connectivity index (χ0v) is 10.7. The summed E-state index contributed by atoms with van der Waals surface area (Å²) in [7, 11) is -9.62. The maximum Gasteiger partial charge on any atom is 0.297 e. The van der Waals surface area contributed by atoms with Crippen molar-refractivity contribution in [3.63, 3.8) is 0 Å². The molecule has 7 nitrogen and oxygen atoms in total. The van der Waals surface area contributed by atoms with Crippen molar-refractivity contribution in [2.75, 3.05) is 5.73 Å². The lowest BCUT2D eigenvalue weighted by molar-refractivity contribution is 0.466. The molecule has 0 spiro atoms. The minimum atomic E-state index is -4.84. The molecule has 0 aliphatic rings. The maximum atomic E-state index is 11.0. The molecule has 0 aromatic heterocycles. The lowest BCUT2D eigenvalue weighted by atomic mass is 10.3. The fourth-order valence-corrected chi connectivity index (χ4v) is 3.96. The van der Waals surface area contributed by atoms with Crippen LogP contribution in [0.2, 0.25) is 0 Å². The molecule has 0 saturated carbocycles. The molecule has 0 saturated heterocycles. The Morgan fingerprint density at radius 3 is 1.94 bits per heavy atom. The normalized spacial score (nSPS) is 12.7. The van der Waals surface area contributed by atoms with Gasteiger partial charge >= 0.3 is 0 Å². The van der Waals surface area contributed by atoms with Gasteiger partial charge in [-0.2, -0.15) is 16.8 Å². The van der Waals surface area contributed by atoms with Crippen molar-refractivity contribution >= 4 is 41.9 Å². The summed E-state index contributed by atoms with van der Waals surface area (Å²) >= 11 is 2.72. The van der Waals surface area contributed by atoms with E-state index in [9.17, 15) is 16.8 Å². The second-order valence-electron chi connectivity index (χ2n) is 2.75. The van der Waals surface area contributed by atoms with E-state index in [4.69, 9.17) is 14.8 Å². The first-order valence-corrected chi connectivity index (χ1v) is 7.25. The Balaban J connectivity index is 3.88. The van der Waals surface area contributed by atoms with E-state index in [1.807, 2.05) is 0 Å². The van der Waals surface area contributed by atoms with Crippen molar-refractivity contribution in [3.05, 3.63) is 16.6 Å². The average molecular weight is 332 g/mol. The molecule has 90 valence electrons. The fraction of sp³-hybridized carbons (Fsp3) is 0. The quantitative estimate of drug-likeness (QED) is 0.531. The van der Waals surface area contributed by atoms with Gasteiger partial charge < -0.3 is 5.73 Å². The van der Waals surface area contributed by atoms with Gasteiger partial charge in [-0.05, 0) is 28.1 Å². The highest BCUT2D eigenvalue weighted by atomic mass is 79.9. The first-order valence-electron chi connectivity index (χ1n) is 3.58. The van der Waals surface area contributed by atoms with Crippen LogP contribution < -0.4 is 5.73 Å². The zero-order chi connectivity index (χ0) is 12.7. The molecule has 0 unspecified atom stereocenters. The summed E-state index contributed by atoms with van der Waals surface area (Å²) in [6.07, 6.45) is 0. The third-order valence-corrected chi connectivity index (χ3v) is 4.71. The highest BCUT2D eigenvalue weighted by molar-refractivity contribution is 9.10. The van der Waals surface area contributed by atoms with E-state index >= 15 is 0 Å². The summed E-state index contributed by atoms with van der Waals surface area (Å²) < 4.78 is 61.0. The highest BCUT2D eigenvalue weighted by Crippen LogP contribution is 2.33. The topological polar surface area (TPSA) is 135 Å². The van der Waals surface area contributed by atoms with Crippen LogP contribution in [0.5, 0.6) is 0 Å². The van der Waals surface area contributed by atoms with Gasteiger partial charge in [0.1, 0.15) is 9.79 Å². The second-order valence-corrected chi connectivity index (χ2v) is 6.29. The van der Waals surface area contributed by atoms with E-state index < -0.39 is 30.0 Å². The average Bonchev–Trinajstić information content (AvgIpc) is 2.05. The summed E-state index contributed by atoms with van der Waals surface area (Å²) in [5.74, 6) is 0. The van der Waals surface area contributed by atoms with Crippen molar-refractivity contribution in [3.8, 4) is 0 Å². The van der Waals surface area contributed by atoms with E-state index in [0.29, 0.717) is 0 Å². The summed E-state index contributed by atoms with van der Waals surface area (Å²) in [4.78, 5) is -1.94. The van der Waals surface area contributed by atoms with Gasteiger partial charge in [-0.25, -0.2) is 0 Å². The Hall–Kier alpha value is -0.680. The standard InChI is InChI=1S/C6H6BrNO6S2/c7-5-3(8)1-2-4(15(9,10)11)6(5)16(12,13)14/h1-2H,8H2,(H,9,10,11)(H,12,13,14). The monoisotopic (exact) mass is 331 g/mol. The SMILES string of the molecule is Nc1ccc(S(=O)(=O)O)c(S(=O)(=O)O)c1Br. The first kappa shape index (κ1) is 13.4. The number of hydrogen-bond donors (Lipinski definition) is 3. The Morgan fingerprint density at radius 1 is 1.06 bits per heavy atom. The number of halogens is 1. The molecule has 0 heterocycles. The van der Waals surface area contributed by atoms with E-state index in [1.165, 1.54) is 0 Å². The molecule has 0 atom stereocenters. The first-order chi connectivity index (χ1) is 7.05. The van der Waals surface area contributed by atoms with Gasteiger partial charge in [0.2, 0.25) is 0 Å². The summed E-state index contributed by atoms with van der Waals surface area (Å²) in [6.45, 7) is 0. The largest absolute Gasteiger partial charge is 0.398 e. The predicted octanol–water partition coefficient (Wildman–Crippen LogP) is 0.525. The molecule has 1 rings (SSSR count). The lowest BCUT2D eigenvalue weighted by Gasteiger charge is -2.08. The molecule has 10 heteroatoms. The molecule has 0 bridgehead atoms. The summed E-state index contributed by atoms with van der Waals surface area (Å²) in [5, 5.41) is 0. The zero-order valence-electron chi connectivity index (χ0n) is 7.45. The van der Waals surface area contributed by atoms with E-state index in [-0.39, 0.29) is 10.2 Å². The van der Waals surface area contributed by atoms with Crippen LogP contribution in [0.15, 0.2) is 26.4 Å². The Morgan fingerprint density at radius 2 is 1.56 bits per heavy atom. The van der Waals surface area contributed by atoms with Gasteiger partial charge in [0, 0.05) is 5.69 Å². The summed E-state index contributed by atoms with van der Waals surface area (Å²) in [5.41, 5.74) is 5.23. The molecule has 1 aromatic carbocycles. The number of benzene rings is 1. The molecule has 0 amide bonds. The van der Waals surface area contributed by atoms with E-state index in [1.54, 1.807) is 0 Å². The van der Waals surface area contributed by atoms with Crippen LogP contribution in [-0.2, 0) is 20.2 Å². The molecule has 1 aromatic rings. The van der Waals surface area contributed by atoms with Crippen molar-refractivity contribution < 1.29 is 25.9 Å². The van der Waals surface area contributed by atoms with Gasteiger partial charge in [-0.15, -0.1) is 0 Å². The van der Waals surface area contributed by atoms with Crippen molar-refractivity contribution in [2.24, 2.45) is 0 Å². The number of nitrogens with two attached hydrogens (primary N) is 1. The molecule has 0 aliphatic heterocycles. The third-order valence-electron chi connectivity index (χ3n) is 1.63. The van der Waals surface area contributed by atoms with Gasteiger partial charge in [0.25, 0.3) is 20.2 Å². The number of rotatable bonds is 2. The maximum absolute atomic E-state index is 11.0. The predicted molar refractivity (Wildman–Crippen MR) is 58.2 cm³/mol. The van der Waals surface area contributed by atoms with Crippen LogP contribution in [0, 0.1) is 0 Å². The van der Waals surface area contributed by atoms with Gasteiger partial charge in [0.15, 0.2) is 0 Å². The smallest absolute Gasteiger partial charge is 0.297 e. The number of anilines is 1. The number of hydrogen-bond acceptors (Lipinski definition) is 5. The minimum Gasteiger partial charge on any atom is -0.398 e. The van der Waals surface area contributed by atoms with Gasteiger partial charge in [-0.3, -0.25) is 9.11 Å². The van der Waals surface area contributed by atoms with E-state index in [0.717, 1.165) is 12.1 Å². The van der Waals surface area contributed by atoms with Gasteiger partial charge in [0.05, 0.1) is 4.47 Å². The van der Waals surface area contributed by atoms with E-state index in [2.05, 4.69) is 15.9 Å². The Kier molecular flexibility index (Phi) is 3.32. The molecular formula is C6H6BrNO6S2. The van der Waals surface area contributed by atoms with Crippen molar-refractivity contribution in [2.45, 2.75) is 9.79 Å². The molecule has 4 N–H and O–H groups in total. The molecule has 0 fully saturated rings. The molecule has 16 heavy (non-hydrogen) atoms. The molecular weight excluding hydrogens is 326 g/mol. The van der Waals surface area contributed by atoms with Crippen LogP contribution in [0.25, 0.3) is 0 Å². The summed E-state index contributed by atoms with van der Waals surface area (Å²) in [6, 6.07) is 1.85. The highest BCUT2D eigenvalue weighted by Gasteiger charge is 2.27. The number of nitrogen functional groups attached to an aromatic ring is 1.